The quantitative estimate of drug-likeness (QED) is 0.746. The van der Waals surface area contributed by atoms with Gasteiger partial charge in [0.05, 0.1) is 6.54 Å². The molecule has 2 saturated heterocycles. The molecule has 0 radical (unpaired) electrons. The fourth-order valence-electron chi connectivity index (χ4n) is 3.42. The maximum Gasteiger partial charge on any atom is 0.260 e. The first-order valence-corrected chi connectivity index (χ1v) is 7.36. The molecular formula is C14H22FN3O2. The number of likely N-dealkylation sites (N-methyl/N-ethyl adjacent to an activating group) is 1. The van der Waals surface area contributed by atoms with Crippen LogP contribution in [0.15, 0.2) is 0 Å². The van der Waals surface area contributed by atoms with Gasteiger partial charge in [0.15, 0.2) is 5.67 Å². The molecule has 6 heteroatoms. The van der Waals surface area contributed by atoms with Gasteiger partial charge in [-0.1, -0.05) is 0 Å². The molecule has 1 saturated carbocycles. The molecule has 5 nitrogen and oxygen atoms in total. The molecule has 2 atom stereocenters. The number of alkyl halides is 1. The van der Waals surface area contributed by atoms with Gasteiger partial charge in [-0.15, -0.1) is 0 Å². The number of nitrogens with zero attached hydrogens (tertiary/aromatic N) is 3. The van der Waals surface area contributed by atoms with Crippen LogP contribution in [-0.4, -0.2) is 78.0 Å². The van der Waals surface area contributed by atoms with Gasteiger partial charge in [0.2, 0.25) is 5.91 Å². The van der Waals surface area contributed by atoms with E-state index in [2.05, 4.69) is 4.90 Å². The minimum absolute atomic E-state index is 0.0829. The molecule has 0 unspecified atom stereocenters. The zero-order chi connectivity index (χ0) is 14.5. The Kier molecular flexibility index (Phi) is 3.23. The SMILES string of the molecule is CN(C)C(=O)CN1CC[C@@H]2[C@@H]1CCN2C(=O)C1(F)CC1. The molecule has 20 heavy (non-hydrogen) atoms. The lowest BCUT2D eigenvalue weighted by Gasteiger charge is -2.26. The third kappa shape index (κ3) is 2.20. The summed E-state index contributed by atoms with van der Waals surface area (Å²) in [5, 5.41) is 0. The van der Waals surface area contributed by atoms with Crippen LogP contribution in [0.4, 0.5) is 4.39 Å². The Hall–Kier alpha value is -1.17. The molecule has 2 heterocycles. The van der Waals surface area contributed by atoms with E-state index in [1.54, 1.807) is 23.9 Å². The molecule has 2 aliphatic heterocycles. The van der Waals surface area contributed by atoms with Gasteiger partial charge < -0.3 is 9.80 Å². The van der Waals surface area contributed by atoms with E-state index in [4.69, 9.17) is 0 Å². The van der Waals surface area contributed by atoms with Crippen LogP contribution in [0.2, 0.25) is 0 Å². The molecule has 1 aliphatic carbocycles. The minimum Gasteiger partial charge on any atom is -0.348 e. The molecule has 0 spiro atoms. The molecular weight excluding hydrogens is 261 g/mol. The van der Waals surface area contributed by atoms with Crippen molar-refractivity contribution in [3.05, 3.63) is 0 Å². The van der Waals surface area contributed by atoms with Crippen LogP contribution in [0.1, 0.15) is 25.7 Å². The number of carbonyl (C=O) groups is 2. The van der Waals surface area contributed by atoms with E-state index in [1.165, 1.54) is 0 Å². The third-order valence-electron chi connectivity index (χ3n) is 4.86. The first kappa shape index (κ1) is 13.8. The summed E-state index contributed by atoms with van der Waals surface area (Å²) in [5.74, 6) is -0.231. The molecule has 0 aromatic carbocycles. The van der Waals surface area contributed by atoms with Crippen LogP contribution < -0.4 is 0 Å². The first-order chi connectivity index (χ1) is 9.42. The van der Waals surface area contributed by atoms with E-state index in [0.717, 1.165) is 19.4 Å². The lowest BCUT2D eigenvalue weighted by molar-refractivity contribution is -0.139. The van der Waals surface area contributed by atoms with Gasteiger partial charge in [0.1, 0.15) is 0 Å². The van der Waals surface area contributed by atoms with Gasteiger partial charge in [0, 0.05) is 39.3 Å². The zero-order valence-corrected chi connectivity index (χ0v) is 12.1. The molecule has 0 aromatic heterocycles. The van der Waals surface area contributed by atoms with E-state index >= 15 is 0 Å². The van der Waals surface area contributed by atoms with Crippen LogP contribution in [-0.2, 0) is 9.59 Å². The number of hydrogen-bond acceptors (Lipinski definition) is 3. The monoisotopic (exact) mass is 283 g/mol. The summed E-state index contributed by atoms with van der Waals surface area (Å²) in [6.45, 7) is 1.85. The number of rotatable bonds is 3. The van der Waals surface area contributed by atoms with Gasteiger partial charge in [-0.25, -0.2) is 4.39 Å². The highest BCUT2D eigenvalue weighted by atomic mass is 19.1. The molecule has 0 aromatic rings. The zero-order valence-electron chi connectivity index (χ0n) is 12.1. The van der Waals surface area contributed by atoms with Crippen molar-refractivity contribution in [3.8, 4) is 0 Å². The second-order valence-corrected chi connectivity index (χ2v) is 6.43. The average Bonchev–Trinajstić information content (AvgIpc) is 2.87. The molecule has 2 amide bonds. The van der Waals surface area contributed by atoms with Gasteiger partial charge in [0.25, 0.3) is 5.91 Å². The summed E-state index contributed by atoms with van der Waals surface area (Å²) in [6.07, 6.45) is 2.46. The van der Waals surface area contributed by atoms with E-state index in [1.807, 2.05) is 0 Å². The predicted molar refractivity (Wildman–Crippen MR) is 71.9 cm³/mol. The number of fused-ring (bicyclic) bond motifs is 1. The summed E-state index contributed by atoms with van der Waals surface area (Å²) in [6, 6.07) is 0.330. The summed E-state index contributed by atoms with van der Waals surface area (Å²) < 4.78 is 14.0. The van der Waals surface area contributed by atoms with Crippen molar-refractivity contribution in [3.63, 3.8) is 0 Å². The maximum absolute atomic E-state index is 14.0. The average molecular weight is 283 g/mol. The second-order valence-electron chi connectivity index (χ2n) is 6.43. The molecule has 3 fully saturated rings. The third-order valence-corrected chi connectivity index (χ3v) is 4.86. The molecule has 0 bridgehead atoms. The van der Waals surface area contributed by atoms with Crippen molar-refractivity contribution in [1.29, 1.82) is 0 Å². The topological polar surface area (TPSA) is 43.9 Å². The van der Waals surface area contributed by atoms with Crippen molar-refractivity contribution in [2.75, 3.05) is 33.7 Å². The standard InChI is InChI=1S/C14H22FN3O2/c1-16(2)12(19)9-17-7-3-11-10(17)4-8-18(11)13(20)14(15)5-6-14/h10-11H,3-9H2,1-2H3/t10-,11+/m0/s1. The number of hydrogen-bond donors (Lipinski definition) is 0. The summed E-state index contributed by atoms with van der Waals surface area (Å²) in [5.41, 5.74) is -1.57. The van der Waals surface area contributed by atoms with Crippen LogP contribution in [0, 0.1) is 0 Å². The van der Waals surface area contributed by atoms with E-state index in [0.29, 0.717) is 25.9 Å². The Morgan fingerprint density at radius 2 is 1.85 bits per heavy atom. The Morgan fingerprint density at radius 3 is 2.45 bits per heavy atom. The van der Waals surface area contributed by atoms with Crippen LogP contribution in [0.3, 0.4) is 0 Å². The molecule has 3 rings (SSSR count). The molecule has 0 N–H and O–H groups in total. The fraction of sp³-hybridized carbons (Fsp3) is 0.857. The number of likely N-dealkylation sites (tertiary alicyclic amines) is 2. The predicted octanol–water partition coefficient (Wildman–Crippen LogP) is 0.252. The van der Waals surface area contributed by atoms with Crippen LogP contribution >= 0.6 is 0 Å². The number of carbonyl (C=O) groups excluding carboxylic acids is 2. The van der Waals surface area contributed by atoms with Gasteiger partial charge >= 0.3 is 0 Å². The second kappa shape index (κ2) is 4.69. The summed E-state index contributed by atoms with van der Waals surface area (Å²) in [4.78, 5) is 29.5. The summed E-state index contributed by atoms with van der Waals surface area (Å²) >= 11 is 0. The number of amides is 2. The van der Waals surface area contributed by atoms with E-state index < -0.39 is 5.67 Å². The Labute approximate surface area is 118 Å². The lowest BCUT2D eigenvalue weighted by atomic mass is 10.1. The normalized spacial score (nSPS) is 31.2. The lowest BCUT2D eigenvalue weighted by Crippen LogP contribution is -2.45. The van der Waals surface area contributed by atoms with Crippen molar-refractivity contribution in [2.45, 2.75) is 43.4 Å². The van der Waals surface area contributed by atoms with Gasteiger partial charge in [-0.3, -0.25) is 14.5 Å². The Bertz CT molecular complexity index is 436. The smallest absolute Gasteiger partial charge is 0.260 e. The maximum atomic E-state index is 14.0. The van der Waals surface area contributed by atoms with Crippen molar-refractivity contribution >= 4 is 11.8 Å². The van der Waals surface area contributed by atoms with E-state index in [-0.39, 0.29) is 23.9 Å². The highest BCUT2D eigenvalue weighted by Gasteiger charge is 2.56. The fourth-order valence-corrected chi connectivity index (χ4v) is 3.42. The van der Waals surface area contributed by atoms with Gasteiger partial charge in [-0.05, 0) is 25.7 Å². The molecule has 3 aliphatic rings. The highest BCUT2D eigenvalue weighted by molar-refractivity contribution is 5.88. The van der Waals surface area contributed by atoms with Crippen molar-refractivity contribution in [2.24, 2.45) is 0 Å². The largest absolute Gasteiger partial charge is 0.348 e. The Morgan fingerprint density at radius 1 is 1.20 bits per heavy atom. The minimum atomic E-state index is -1.57. The molecule has 112 valence electrons. The Balaban J connectivity index is 1.64. The van der Waals surface area contributed by atoms with Gasteiger partial charge in [-0.2, -0.15) is 0 Å². The number of halogens is 1. The van der Waals surface area contributed by atoms with Crippen molar-refractivity contribution in [1.82, 2.24) is 14.7 Å². The van der Waals surface area contributed by atoms with Crippen LogP contribution in [0.25, 0.3) is 0 Å². The van der Waals surface area contributed by atoms with Crippen molar-refractivity contribution < 1.29 is 14.0 Å². The first-order valence-electron chi connectivity index (χ1n) is 7.36. The van der Waals surface area contributed by atoms with Crippen LogP contribution in [0.5, 0.6) is 0 Å². The highest BCUT2D eigenvalue weighted by Crippen LogP contribution is 2.44. The summed E-state index contributed by atoms with van der Waals surface area (Å²) in [7, 11) is 3.50. The van der Waals surface area contributed by atoms with E-state index in [9.17, 15) is 14.0 Å².